The molecular formula is C21H27N3O2. The van der Waals surface area contributed by atoms with E-state index >= 15 is 0 Å². The van der Waals surface area contributed by atoms with Crippen molar-refractivity contribution in [3.8, 4) is 0 Å². The number of carbonyl (C=O) groups excluding carboxylic acids is 2. The molecule has 5 nitrogen and oxygen atoms in total. The van der Waals surface area contributed by atoms with Crippen molar-refractivity contribution in [1.29, 1.82) is 0 Å². The van der Waals surface area contributed by atoms with Crippen molar-refractivity contribution in [3.05, 3.63) is 58.9 Å². The minimum Gasteiger partial charge on any atom is -0.338 e. The highest BCUT2D eigenvalue weighted by atomic mass is 16.2. The Kier molecular flexibility index (Phi) is 6.89. The lowest BCUT2D eigenvalue weighted by Crippen LogP contribution is -2.31. The number of nitrogens with one attached hydrogen (secondary N) is 1. The minimum atomic E-state index is -0.225. The van der Waals surface area contributed by atoms with Gasteiger partial charge >= 0.3 is 0 Å². The molecule has 138 valence electrons. The molecule has 26 heavy (non-hydrogen) atoms. The average Bonchev–Trinajstić information content (AvgIpc) is 2.69. The topological polar surface area (TPSA) is 62.3 Å². The molecule has 1 heterocycles. The maximum Gasteiger partial charge on any atom is 0.272 e. The van der Waals surface area contributed by atoms with Crippen molar-refractivity contribution in [3.63, 3.8) is 0 Å². The first-order valence-electron chi connectivity index (χ1n) is 9.23. The zero-order valence-corrected chi connectivity index (χ0v) is 16.0. The van der Waals surface area contributed by atoms with Crippen molar-refractivity contribution in [1.82, 2.24) is 9.88 Å². The van der Waals surface area contributed by atoms with Crippen LogP contribution in [0.15, 0.2) is 36.5 Å². The molecule has 1 aromatic heterocycles. The van der Waals surface area contributed by atoms with Crippen molar-refractivity contribution in [2.75, 3.05) is 18.4 Å². The van der Waals surface area contributed by atoms with Gasteiger partial charge in [0.25, 0.3) is 11.8 Å². The molecule has 0 aliphatic carbocycles. The standard InChI is InChI=1S/C21H27N3O2/c1-5-15-10-9-11-16(6-2)19(15)23-20(25)17-12-13-22-18(14-17)21(26)24(7-3)8-4/h9-14H,5-8H2,1-4H3,(H,23,25). The van der Waals surface area contributed by atoms with Crippen molar-refractivity contribution in [2.24, 2.45) is 0 Å². The van der Waals surface area contributed by atoms with Crippen molar-refractivity contribution < 1.29 is 9.59 Å². The molecule has 0 atom stereocenters. The first-order chi connectivity index (χ1) is 12.5. The number of benzene rings is 1. The summed E-state index contributed by atoms with van der Waals surface area (Å²) < 4.78 is 0. The highest BCUT2D eigenvalue weighted by Gasteiger charge is 2.17. The van der Waals surface area contributed by atoms with Gasteiger partial charge in [-0.25, -0.2) is 0 Å². The lowest BCUT2D eigenvalue weighted by molar-refractivity contribution is 0.0767. The van der Waals surface area contributed by atoms with Crippen LogP contribution in [0.5, 0.6) is 0 Å². The molecule has 0 aliphatic rings. The van der Waals surface area contributed by atoms with E-state index in [-0.39, 0.29) is 11.8 Å². The summed E-state index contributed by atoms with van der Waals surface area (Å²) in [6, 6.07) is 9.26. The van der Waals surface area contributed by atoms with E-state index in [1.807, 2.05) is 32.0 Å². The van der Waals surface area contributed by atoms with Crippen LogP contribution in [0.4, 0.5) is 5.69 Å². The van der Waals surface area contributed by atoms with Crippen molar-refractivity contribution >= 4 is 17.5 Å². The van der Waals surface area contributed by atoms with Crippen LogP contribution in [0.2, 0.25) is 0 Å². The number of rotatable bonds is 7. The fourth-order valence-corrected chi connectivity index (χ4v) is 2.95. The molecule has 2 amide bonds. The summed E-state index contributed by atoms with van der Waals surface area (Å²) in [5.41, 5.74) is 3.80. The van der Waals surface area contributed by atoms with Gasteiger partial charge in [0.1, 0.15) is 5.69 Å². The number of amides is 2. The predicted octanol–water partition coefficient (Wildman–Crippen LogP) is 3.94. The van der Waals surface area contributed by atoms with Crippen LogP contribution in [0.3, 0.4) is 0 Å². The number of pyridine rings is 1. The predicted molar refractivity (Wildman–Crippen MR) is 105 cm³/mol. The molecule has 0 bridgehead atoms. The van der Waals surface area contributed by atoms with Gasteiger partial charge in [-0.2, -0.15) is 0 Å². The number of para-hydroxylation sites is 1. The number of anilines is 1. The number of hydrogen-bond donors (Lipinski definition) is 1. The van der Waals surface area contributed by atoms with E-state index in [9.17, 15) is 9.59 Å². The number of aromatic nitrogens is 1. The third-order valence-corrected chi connectivity index (χ3v) is 4.53. The second kappa shape index (κ2) is 9.13. The quantitative estimate of drug-likeness (QED) is 0.820. The summed E-state index contributed by atoms with van der Waals surface area (Å²) in [5, 5.41) is 3.03. The van der Waals surface area contributed by atoms with Crippen LogP contribution in [0.1, 0.15) is 59.7 Å². The van der Waals surface area contributed by atoms with Gasteiger partial charge < -0.3 is 10.2 Å². The zero-order valence-electron chi connectivity index (χ0n) is 16.0. The first kappa shape index (κ1) is 19.6. The molecule has 0 fully saturated rings. The lowest BCUT2D eigenvalue weighted by Gasteiger charge is -2.18. The van der Waals surface area contributed by atoms with Crippen molar-refractivity contribution in [2.45, 2.75) is 40.5 Å². The van der Waals surface area contributed by atoms with Gasteiger partial charge in [-0.15, -0.1) is 0 Å². The van der Waals surface area contributed by atoms with Gasteiger partial charge in [-0.1, -0.05) is 32.0 Å². The van der Waals surface area contributed by atoms with E-state index in [0.717, 1.165) is 29.7 Å². The highest BCUT2D eigenvalue weighted by Crippen LogP contribution is 2.23. The smallest absolute Gasteiger partial charge is 0.272 e. The maximum atomic E-state index is 12.8. The van der Waals surface area contributed by atoms with E-state index in [2.05, 4.69) is 24.1 Å². The molecule has 0 aliphatic heterocycles. The Bertz CT molecular complexity index is 760. The average molecular weight is 353 g/mol. The normalized spacial score (nSPS) is 10.5. The minimum absolute atomic E-state index is 0.159. The molecule has 0 spiro atoms. The van der Waals surface area contributed by atoms with Crippen LogP contribution in [-0.4, -0.2) is 34.8 Å². The van der Waals surface area contributed by atoms with E-state index in [1.165, 1.54) is 6.20 Å². The number of hydrogen-bond acceptors (Lipinski definition) is 3. The van der Waals surface area contributed by atoms with E-state index < -0.39 is 0 Å². The number of nitrogens with zero attached hydrogens (tertiary/aromatic N) is 2. The summed E-state index contributed by atoms with van der Waals surface area (Å²) in [6.45, 7) is 9.20. The summed E-state index contributed by atoms with van der Waals surface area (Å²) in [6.07, 6.45) is 3.19. The molecule has 0 saturated carbocycles. The summed E-state index contributed by atoms with van der Waals surface area (Å²) in [5.74, 6) is -0.385. The molecule has 0 radical (unpaired) electrons. The van der Waals surface area contributed by atoms with Gasteiger partial charge in [0.2, 0.25) is 0 Å². The SMILES string of the molecule is CCc1cccc(CC)c1NC(=O)c1ccnc(C(=O)N(CC)CC)c1. The Hall–Kier alpha value is -2.69. The van der Waals surface area contributed by atoms with Gasteiger partial charge in [0.15, 0.2) is 0 Å². The van der Waals surface area contributed by atoms with Crippen LogP contribution < -0.4 is 5.32 Å². The molecule has 5 heteroatoms. The Morgan fingerprint density at radius 1 is 1.00 bits per heavy atom. The summed E-state index contributed by atoms with van der Waals surface area (Å²) in [7, 11) is 0. The van der Waals surface area contributed by atoms with Crippen LogP contribution in [0.25, 0.3) is 0 Å². The summed E-state index contributed by atoms with van der Waals surface area (Å²) in [4.78, 5) is 31.1. The Morgan fingerprint density at radius 3 is 2.15 bits per heavy atom. The van der Waals surface area contributed by atoms with Gasteiger partial charge in [-0.3, -0.25) is 14.6 Å². The Morgan fingerprint density at radius 2 is 1.62 bits per heavy atom. The molecule has 1 N–H and O–H groups in total. The van der Waals surface area contributed by atoms with E-state index in [1.54, 1.807) is 17.0 Å². The molecule has 1 aromatic carbocycles. The Labute approximate surface area is 155 Å². The molecule has 2 rings (SSSR count). The van der Waals surface area contributed by atoms with Crippen LogP contribution in [-0.2, 0) is 12.8 Å². The van der Waals surface area contributed by atoms with E-state index in [4.69, 9.17) is 0 Å². The lowest BCUT2D eigenvalue weighted by atomic mass is 10.0. The largest absolute Gasteiger partial charge is 0.338 e. The van der Waals surface area contributed by atoms with Crippen LogP contribution >= 0.6 is 0 Å². The molecule has 0 unspecified atom stereocenters. The Balaban J connectivity index is 2.29. The second-order valence-electron chi connectivity index (χ2n) is 6.02. The van der Waals surface area contributed by atoms with Gasteiger partial charge in [-0.05, 0) is 49.9 Å². The zero-order chi connectivity index (χ0) is 19.1. The van der Waals surface area contributed by atoms with E-state index in [0.29, 0.717) is 24.3 Å². The fourth-order valence-electron chi connectivity index (χ4n) is 2.95. The maximum absolute atomic E-state index is 12.8. The fraction of sp³-hybridized carbons (Fsp3) is 0.381. The van der Waals surface area contributed by atoms with Gasteiger partial charge in [0, 0.05) is 30.5 Å². The first-order valence-corrected chi connectivity index (χ1v) is 9.23. The third kappa shape index (κ3) is 4.28. The monoisotopic (exact) mass is 353 g/mol. The molecular weight excluding hydrogens is 326 g/mol. The third-order valence-electron chi connectivity index (χ3n) is 4.53. The van der Waals surface area contributed by atoms with Crippen LogP contribution in [0, 0.1) is 0 Å². The second-order valence-corrected chi connectivity index (χ2v) is 6.02. The molecule has 2 aromatic rings. The molecule has 0 saturated heterocycles. The highest BCUT2D eigenvalue weighted by molar-refractivity contribution is 6.06. The number of aryl methyl sites for hydroxylation is 2. The summed E-state index contributed by atoms with van der Waals surface area (Å²) >= 11 is 0. The number of carbonyl (C=O) groups is 2. The van der Waals surface area contributed by atoms with Gasteiger partial charge in [0.05, 0.1) is 0 Å².